The molecule has 0 heterocycles. The molecule has 1 aromatic carbocycles. The molecule has 3 nitrogen and oxygen atoms in total. The van der Waals surface area contributed by atoms with Crippen molar-refractivity contribution in [3.8, 4) is 0 Å². The van der Waals surface area contributed by atoms with Gasteiger partial charge in [-0.15, -0.1) is 0 Å². The molecule has 24 heavy (non-hydrogen) atoms. The van der Waals surface area contributed by atoms with Gasteiger partial charge in [-0.2, -0.15) is 0 Å². The molecule has 0 N–H and O–H groups in total. The molecule has 1 atom stereocenters. The molecule has 1 rings (SSSR count). The van der Waals surface area contributed by atoms with E-state index in [1.54, 1.807) is 13.0 Å². The Morgan fingerprint density at radius 3 is 2.17 bits per heavy atom. The van der Waals surface area contributed by atoms with Gasteiger partial charge in [0.2, 0.25) is 0 Å². The summed E-state index contributed by atoms with van der Waals surface area (Å²) in [5.74, 6) is -1.25. The first-order chi connectivity index (χ1) is 11.3. The number of aryl methyl sites for hydroxylation is 2. The van der Waals surface area contributed by atoms with E-state index in [-0.39, 0.29) is 30.2 Å². The van der Waals surface area contributed by atoms with Crippen LogP contribution in [-0.4, -0.2) is 17.3 Å². The largest absolute Gasteiger partial charge is 0.300 e. The molecular weight excluding hydrogens is 307 g/mol. The predicted octanol–water partition coefficient (Wildman–Crippen LogP) is 4.87. The van der Waals surface area contributed by atoms with E-state index in [0.29, 0.717) is 24.0 Å². The lowest BCUT2D eigenvalue weighted by Crippen LogP contribution is -2.18. The summed E-state index contributed by atoms with van der Waals surface area (Å²) in [5, 5.41) is 0. The van der Waals surface area contributed by atoms with Crippen molar-refractivity contribution in [1.82, 2.24) is 0 Å². The van der Waals surface area contributed by atoms with Crippen molar-refractivity contribution in [3.63, 3.8) is 0 Å². The molecular formula is C20H29FO3. The van der Waals surface area contributed by atoms with Crippen LogP contribution in [0, 0.1) is 18.7 Å². The van der Waals surface area contributed by atoms with Gasteiger partial charge in [0.25, 0.3) is 0 Å². The number of carbonyl (C=O) groups is 3. The zero-order chi connectivity index (χ0) is 18.9. The van der Waals surface area contributed by atoms with E-state index in [9.17, 15) is 18.8 Å². The molecule has 0 aliphatic carbocycles. The number of rotatable bonds is 8. The molecule has 134 valence electrons. The van der Waals surface area contributed by atoms with E-state index in [0.717, 1.165) is 5.56 Å². The molecule has 0 radical (unpaired) electrons. The van der Waals surface area contributed by atoms with Crippen LogP contribution in [0.15, 0.2) is 12.1 Å². The molecule has 0 bridgehead atoms. The second-order valence-corrected chi connectivity index (χ2v) is 5.79. The molecule has 0 spiro atoms. The van der Waals surface area contributed by atoms with Crippen molar-refractivity contribution in [2.24, 2.45) is 5.92 Å². The molecule has 0 saturated carbocycles. The van der Waals surface area contributed by atoms with Gasteiger partial charge >= 0.3 is 0 Å². The zero-order valence-corrected chi connectivity index (χ0v) is 15.7. The lowest BCUT2D eigenvalue weighted by molar-refractivity contribution is -0.121. The maximum atomic E-state index is 13.7. The van der Waals surface area contributed by atoms with Crippen molar-refractivity contribution < 1.29 is 18.8 Å². The molecule has 0 aliphatic rings. The van der Waals surface area contributed by atoms with Crippen molar-refractivity contribution in [2.75, 3.05) is 0 Å². The Bertz CT molecular complexity index is 591. The Kier molecular flexibility index (Phi) is 10.0. The smallest absolute Gasteiger partial charge is 0.163 e. The minimum atomic E-state index is -0.481. The summed E-state index contributed by atoms with van der Waals surface area (Å²) in [7, 11) is 0. The summed E-state index contributed by atoms with van der Waals surface area (Å²) >= 11 is 0. The van der Waals surface area contributed by atoms with Gasteiger partial charge in [0.05, 0.1) is 0 Å². The molecule has 0 aliphatic heterocycles. The Morgan fingerprint density at radius 1 is 1.12 bits per heavy atom. The summed E-state index contributed by atoms with van der Waals surface area (Å²) < 4.78 is 13.7. The highest BCUT2D eigenvalue weighted by Gasteiger charge is 2.22. The van der Waals surface area contributed by atoms with Gasteiger partial charge in [0.15, 0.2) is 5.78 Å². The highest BCUT2D eigenvalue weighted by molar-refractivity contribution is 6.00. The summed E-state index contributed by atoms with van der Waals surface area (Å²) in [5.41, 5.74) is 1.64. The summed E-state index contributed by atoms with van der Waals surface area (Å²) in [6.07, 6.45) is 1.30. The van der Waals surface area contributed by atoms with Gasteiger partial charge in [-0.3, -0.25) is 9.59 Å². The highest BCUT2D eigenvalue weighted by Crippen LogP contribution is 2.22. The summed E-state index contributed by atoms with van der Waals surface area (Å²) in [4.78, 5) is 35.2. The highest BCUT2D eigenvalue weighted by atomic mass is 19.1. The molecule has 4 heteroatoms. The van der Waals surface area contributed by atoms with Crippen LogP contribution in [0.3, 0.4) is 0 Å². The van der Waals surface area contributed by atoms with E-state index in [4.69, 9.17) is 0 Å². The summed E-state index contributed by atoms with van der Waals surface area (Å²) in [6.45, 7) is 10.5. The van der Waals surface area contributed by atoms with E-state index >= 15 is 0 Å². The number of hydrogen-bond donors (Lipinski definition) is 0. The first-order valence-electron chi connectivity index (χ1n) is 8.58. The van der Waals surface area contributed by atoms with Crippen LogP contribution < -0.4 is 0 Å². The fraction of sp³-hybridized carbons (Fsp3) is 0.550. The molecule has 0 fully saturated rings. The van der Waals surface area contributed by atoms with Crippen LogP contribution >= 0.6 is 0 Å². The molecule has 0 aromatic heterocycles. The van der Waals surface area contributed by atoms with Crippen LogP contribution in [0.5, 0.6) is 0 Å². The van der Waals surface area contributed by atoms with Gasteiger partial charge in [-0.25, -0.2) is 4.39 Å². The third-order valence-electron chi connectivity index (χ3n) is 3.92. The minimum Gasteiger partial charge on any atom is -0.300 e. The van der Waals surface area contributed by atoms with Gasteiger partial charge in [0.1, 0.15) is 17.4 Å². The maximum Gasteiger partial charge on any atom is 0.163 e. The number of Topliss-reactive ketones (excluding diaryl/α,β-unsaturated/α-hetero) is 3. The second-order valence-electron chi connectivity index (χ2n) is 5.79. The van der Waals surface area contributed by atoms with Crippen LogP contribution in [-0.2, 0) is 16.0 Å². The van der Waals surface area contributed by atoms with Gasteiger partial charge in [-0.1, -0.05) is 26.8 Å². The number of benzene rings is 1. The monoisotopic (exact) mass is 336 g/mol. The Morgan fingerprint density at radius 2 is 1.71 bits per heavy atom. The van der Waals surface area contributed by atoms with Gasteiger partial charge < -0.3 is 4.79 Å². The Balaban J connectivity index is 0.00000254. The average Bonchev–Trinajstić information content (AvgIpc) is 2.54. The van der Waals surface area contributed by atoms with Crippen LogP contribution in [0.4, 0.5) is 4.39 Å². The van der Waals surface area contributed by atoms with Crippen LogP contribution in [0.1, 0.15) is 75.4 Å². The molecule has 0 saturated heterocycles. The Hall–Kier alpha value is -1.84. The standard InChI is InChI=1S/C18H23FO3.C2H6/c1-5-14-8-11(2)17(19)10-16(14)18(22)9-15(13(4)21)7-6-12(3)20;1-2/h8,10,15H,5-7,9H2,1-4H3;1-2H3. The average molecular weight is 336 g/mol. The molecule has 0 amide bonds. The van der Waals surface area contributed by atoms with E-state index in [2.05, 4.69) is 0 Å². The fourth-order valence-electron chi connectivity index (χ4n) is 2.45. The van der Waals surface area contributed by atoms with E-state index in [1.807, 2.05) is 20.8 Å². The number of hydrogen-bond acceptors (Lipinski definition) is 3. The number of ketones is 3. The van der Waals surface area contributed by atoms with Crippen molar-refractivity contribution in [1.29, 1.82) is 0 Å². The third kappa shape index (κ3) is 6.73. The maximum absolute atomic E-state index is 13.7. The normalized spacial score (nSPS) is 11.3. The SMILES string of the molecule is CC.CCc1cc(C)c(F)cc1C(=O)CC(CCC(C)=O)C(C)=O. The lowest BCUT2D eigenvalue weighted by Gasteiger charge is -2.14. The van der Waals surface area contributed by atoms with Crippen molar-refractivity contribution in [3.05, 3.63) is 34.6 Å². The zero-order valence-electron chi connectivity index (χ0n) is 15.7. The first-order valence-corrected chi connectivity index (χ1v) is 8.58. The Labute approximate surface area is 144 Å². The van der Waals surface area contributed by atoms with Gasteiger partial charge in [0, 0.05) is 24.3 Å². The predicted molar refractivity (Wildman–Crippen MR) is 94.9 cm³/mol. The van der Waals surface area contributed by atoms with Gasteiger partial charge in [-0.05, 0) is 50.8 Å². The summed E-state index contributed by atoms with van der Waals surface area (Å²) in [6, 6.07) is 2.94. The van der Waals surface area contributed by atoms with E-state index < -0.39 is 11.7 Å². The molecule has 1 unspecified atom stereocenters. The van der Waals surface area contributed by atoms with Crippen LogP contribution in [0.25, 0.3) is 0 Å². The minimum absolute atomic E-state index is 0.00525. The third-order valence-corrected chi connectivity index (χ3v) is 3.92. The topological polar surface area (TPSA) is 51.2 Å². The van der Waals surface area contributed by atoms with E-state index in [1.165, 1.54) is 19.9 Å². The second kappa shape index (κ2) is 10.8. The first kappa shape index (κ1) is 22.2. The number of halogens is 1. The fourth-order valence-corrected chi connectivity index (χ4v) is 2.45. The quantitative estimate of drug-likeness (QED) is 0.636. The van der Waals surface area contributed by atoms with Crippen LogP contribution in [0.2, 0.25) is 0 Å². The number of carbonyl (C=O) groups excluding carboxylic acids is 3. The van der Waals surface area contributed by atoms with Crippen molar-refractivity contribution >= 4 is 17.3 Å². The lowest BCUT2D eigenvalue weighted by atomic mass is 9.88. The molecule has 1 aromatic rings. The van der Waals surface area contributed by atoms with Crippen molar-refractivity contribution in [2.45, 2.75) is 67.2 Å².